The number of piperazine rings is 1. The molecule has 140 valence electrons. The Morgan fingerprint density at radius 3 is 2.48 bits per heavy atom. The molecule has 0 unspecified atom stereocenters. The predicted molar refractivity (Wildman–Crippen MR) is 106 cm³/mol. The molecule has 0 saturated carbocycles. The lowest BCUT2D eigenvalue weighted by molar-refractivity contribution is 0.143. The van der Waals surface area contributed by atoms with Gasteiger partial charge in [-0.15, -0.1) is 0 Å². The van der Waals surface area contributed by atoms with Gasteiger partial charge in [0.05, 0.1) is 12.9 Å². The summed E-state index contributed by atoms with van der Waals surface area (Å²) in [4.78, 5) is 17.6. The smallest absolute Gasteiger partial charge is 0.226 e. The number of likely N-dealkylation sites (N-methyl/N-ethyl adjacent to an activating group) is 1. The Hall–Kier alpha value is -2.22. The molecule has 2 N–H and O–H groups in total. The summed E-state index contributed by atoms with van der Waals surface area (Å²) in [7, 11) is 2.24. The fraction of sp³-hybridized carbons (Fsp3) is 0.421. The van der Waals surface area contributed by atoms with Crippen molar-refractivity contribution in [3.05, 3.63) is 47.0 Å². The average Bonchev–Trinajstić information content (AvgIpc) is 3.31. The van der Waals surface area contributed by atoms with Gasteiger partial charge in [0.25, 0.3) is 0 Å². The van der Waals surface area contributed by atoms with Gasteiger partial charge in [-0.3, -0.25) is 4.90 Å². The molecular weight excluding hydrogens is 362 g/mol. The van der Waals surface area contributed by atoms with E-state index in [1.165, 1.54) is 30.6 Å². The molecule has 2 bridgehead atoms. The SMILES string of the molecule is CN1C[C@@H]2C[C@H]1CN2Cc1ccc(Cn2cnc3c(N)nc(Cl)nc32)cc1. The molecule has 2 saturated heterocycles. The first kappa shape index (κ1) is 16.9. The number of aromatic nitrogens is 4. The molecule has 2 aliphatic heterocycles. The molecule has 0 spiro atoms. The number of likely N-dealkylation sites (tertiary alicyclic amines) is 2. The van der Waals surface area contributed by atoms with E-state index in [1.54, 1.807) is 6.33 Å². The summed E-state index contributed by atoms with van der Waals surface area (Å²) in [5.74, 6) is 0.310. The lowest BCUT2D eigenvalue weighted by atomic mass is 10.1. The summed E-state index contributed by atoms with van der Waals surface area (Å²) in [5, 5.41) is 0.141. The van der Waals surface area contributed by atoms with Gasteiger partial charge < -0.3 is 15.2 Å². The highest BCUT2D eigenvalue weighted by atomic mass is 35.5. The van der Waals surface area contributed by atoms with E-state index in [-0.39, 0.29) is 5.28 Å². The van der Waals surface area contributed by atoms with Gasteiger partial charge in [-0.25, -0.2) is 4.98 Å². The number of benzene rings is 1. The molecular formula is C19H22ClN7. The predicted octanol–water partition coefficient (Wildman–Crippen LogP) is 2.00. The second-order valence-electron chi connectivity index (χ2n) is 7.65. The number of imidazole rings is 1. The maximum Gasteiger partial charge on any atom is 0.226 e. The van der Waals surface area contributed by atoms with Crippen LogP contribution in [0.5, 0.6) is 0 Å². The van der Waals surface area contributed by atoms with Crippen molar-refractivity contribution < 1.29 is 0 Å². The van der Waals surface area contributed by atoms with E-state index in [4.69, 9.17) is 17.3 Å². The van der Waals surface area contributed by atoms with Gasteiger partial charge in [0, 0.05) is 31.7 Å². The first-order chi connectivity index (χ1) is 13.1. The van der Waals surface area contributed by atoms with Gasteiger partial charge in [-0.2, -0.15) is 9.97 Å². The minimum Gasteiger partial charge on any atom is -0.382 e. The van der Waals surface area contributed by atoms with Crippen LogP contribution in [-0.4, -0.2) is 61.5 Å². The Morgan fingerprint density at radius 1 is 1.07 bits per heavy atom. The zero-order chi connectivity index (χ0) is 18.5. The molecule has 5 rings (SSSR count). The quantitative estimate of drug-likeness (QED) is 0.694. The van der Waals surface area contributed by atoms with Crippen LogP contribution in [0.25, 0.3) is 11.2 Å². The molecule has 2 atom stereocenters. The van der Waals surface area contributed by atoms with Crippen LogP contribution in [0.1, 0.15) is 17.5 Å². The monoisotopic (exact) mass is 383 g/mol. The van der Waals surface area contributed by atoms with E-state index in [1.807, 2.05) is 4.57 Å². The highest BCUT2D eigenvalue weighted by Gasteiger charge is 2.40. The minimum atomic E-state index is 0.141. The highest BCUT2D eigenvalue weighted by Crippen LogP contribution is 2.30. The van der Waals surface area contributed by atoms with Crippen molar-refractivity contribution in [1.82, 2.24) is 29.3 Å². The summed E-state index contributed by atoms with van der Waals surface area (Å²) in [6, 6.07) is 10.2. The van der Waals surface area contributed by atoms with Crippen LogP contribution < -0.4 is 5.73 Å². The number of anilines is 1. The normalized spacial score (nSPS) is 22.9. The topological polar surface area (TPSA) is 76.1 Å². The average molecular weight is 384 g/mol. The van der Waals surface area contributed by atoms with Crippen molar-refractivity contribution in [1.29, 1.82) is 0 Å². The Bertz CT molecular complexity index is 982. The first-order valence-electron chi connectivity index (χ1n) is 9.23. The minimum absolute atomic E-state index is 0.141. The third-order valence-electron chi connectivity index (χ3n) is 5.85. The van der Waals surface area contributed by atoms with Gasteiger partial charge in [-0.1, -0.05) is 24.3 Å². The summed E-state index contributed by atoms with van der Waals surface area (Å²) in [6.07, 6.45) is 3.05. The van der Waals surface area contributed by atoms with Gasteiger partial charge >= 0.3 is 0 Å². The maximum atomic E-state index is 5.94. The Morgan fingerprint density at radius 2 is 1.81 bits per heavy atom. The van der Waals surface area contributed by atoms with E-state index >= 15 is 0 Å². The summed E-state index contributed by atoms with van der Waals surface area (Å²) >= 11 is 5.94. The molecule has 7 nitrogen and oxygen atoms in total. The van der Waals surface area contributed by atoms with E-state index in [2.05, 4.69) is 56.1 Å². The summed E-state index contributed by atoms with van der Waals surface area (Å²) < 4.78 is 1.95. The molecule has 0 amide bonds. The number of rotatable bonds is 4. The van der Waals surface area contributed by atoms with Crippen LogP contribution in [0.3, 0.4) is 0 Å². The van der Waals surface area contributed by atoms with Crippen molar-refractivity contribution in [3.63, 3.8) is 0 Å². The number of nitrogens with zero attached hydrogens (tertiary/aromatic N) is 6. The zero-order valence-corrected chi connectivity index (χ0v) is 16.0. The maximum absolute atomic E-state index is 5.94. The fourth-order valence-electron chi connectivity index (χ4n) is 4.38. The molecule has 0 radical (unpaired) electrons. The van der Waals surface area contributed by atoms with E-state index in [9.17, 15) is 0 Å². The number of nitrogens with two attached hydrogens (primary N) is 1. The number of hydrogen-bond donors (Lipinski definition) is 1. The Kier molecular flexibility index (Phi) is 4.03. The first-order valence-corrected chi connectivity index (χ1v) is 9.60. The third kappa shape index (κ3) is 3.05. The largest absolute Gasteiger partial charge is 0.382 e. The van der Waals surface area contributed by atoms with Crippen molar-refractivity contribution in [2.75, 3.05) is 25.9 Å². The fourth-order valence-corrected chi connectivity index (χ4v) is 4.55. The van der Waals surface area contributed by atoms with Crippen LogP contribution in [0.2, 0.25) is 5.28 Å². The number of halogens is 1. The molecule has 1 aromatic carbocycles. The van der Waals surface area contributed by atoms with Crippen LogP contribution >= 0.6 is 11.6 Å². The summed E-state index contributed by atoms with van der Waals surface area (Å²) in [6.45, 7) is 4.08. The van der Waals surface area contributed by atoms with Crippen LogP contribution in [0, 0.1) is 0 Å². The standard InChI is InChI=1S/C19H22ClN7/c1-25-9-15-6-14(25)10-26(15)7-12-2-4-13(5-3-12)8-27-11-22-16-17(21)23-19(20)24-18(16)27/h2-5,11,14-15H,6-10H2,1H3,(H2,21,23,24)/t14-,15-/m0/s1. The third-order valence-corrected chi connectivity index (χ3v) is 6.02. The van der Waals surface area contributed by atoms with Gasteiger partial charge in [0.2, 0.25) is 5.28 Å². The number of hydrogen-bond acceptors (Lipinski definition) is 6. The molecule has 4 heterocycles. The lowest BCUT2D eigenvalue weighted by Crippen LogP contribution is -2.43. The second-order valence-corrected chi connectivity index (χ2v) is 7.99. The molecule has 27 heavy (non-hydrogen) atoms. The van der Waals surface area contributed by atoms with Gasteiger partial charge in [0.15, 0.2) is 11.5 Å². The van der Waals surface area contributed by atoms with E-state index in [0.29, 0.717) is 29.6 Å². The van der Waals surface area contributed by atoms with Gasteiger partial charge in [-0.05, 0) is 36.2 Å². The van der Waals surface area contributed by atoms with Crippen LogP contribution in [0.15, 0.2) is 30.6 Å². The van der Waals surface area contributed by atoms with Crippen molar-refractivity contribution in [2.45, 2.75) is 31.6 Å². The van der Waals surface area contributed by atoms with Crippen molar-refractivity contribution >= 4 is 28.6 Å². The van der Waals surface area contributed by atoms with E-state index in [0.717, 1.165) is 12.6 Å². The molecule has 2 aromatic heterocycles. The van der Waals surface area contributed by atoms with Crippen LogP contribution in [-0.2, 0) is 13.1 Å². The zero-order valence-electron chi connectivity index (χ0n) is 15.2. The Labute approximate surface area is 162 Å². The Balaban J connectivity index is 1.30. The van der Waals surface area contributed by atoms with E-state index < -0.39 is 0 Å². The molecule has 3 aromatic rings. The highest BCUT2D eigenvalue weighted by molar-refractivity contribution is 6.28. The second kappa shape index (κ2) is 6.44. The number of fused-ring (bicyclic) bond motifs is 3. The summed E-state index contributed by atoms with van der Waals surface area (Å²) in [5.41, 5.74) is 9.67. The number of nitrogen functional groups attached to an aromatic ring is 1. The van der Waals surface area contributed by atoms with Gasteiger partial charge in [0.1, 0.15) is 5.52 Å². The molecule has 2 aliphatic rings. The molecule has 2 fully saturated rings. The lowest BCUT2D eigenvalue weighted by Gasteiger charge is -2.31. The van der Waals surface area contributed by atoms with Crippen molar-refractivity contribution in [2.24, 2.45) is 0 Å². The van der Waals surface area contributed by atoms with Crippen LogP contribution in [0.4, 0.5) is 5.82 Å². The molecule has 8 heteroatoms. The van der Waals surface area contributed by atoms with Crippen molar-refractivity contribution in [3.8, 4) is 0 Å². The molecule has 0 aliphatic carbocycles.